The maximum absolute atomic E-state index is 11.5. The highest BCUT2D eigenvalue weighted by Gasteiger charge is 2.50. The molecule has 0 aromatic heterocycles. The van der Waals surface area contributed by atoms with E-state index in [-0.39, 0.29) is 0 Å². The summed E-state index contributed by atoms with van der Waals surface area (Å²) in [5.74, 6) is -4.86. The molecule has 0 atom stereocenters. The van der Waals surface area contributed by atoms with E-state index in [1.807, 2.05) is 0 Å². The van der Waals surface area contributed by atoms with E-state index in [4.69, 9.17) is 26.6 Å². The molecule has 0 radical (unpaired) electrons. The summed E-state index contributed by atoms with van der Waals surface area (Å²) in [6.07, 6.45) is 2.87. The number of benzene rings is 1. The monoisotopic (exact) mass is 538 g/mol. The molecular weight excluding hydrogens is 512 g/mol. The van der Waals surface area contributed by atoms with E-state index in [0.29, 0.717) is 11.1 Å². The zero-order valence-corrected chi connectivity index (χ0v) is 22.5. The van der Waals surface area contributed by atoms with Gasteiger partial charge in [0, 0.05) is 52.9 Å². The molecule has 14 heteroatoms. The van der Waals surface area contributed by atoms with Gasteiger partial charge < -0.3 is 26.6 Å². The van der Waals surface area contributed by atoms with Crippen LogP contribution in [0.5, 0.6) is 0 Å². The highest BCUT2D eigenvalue weighted by Crippen LogP contribution is 2.19. The van der Waals surface area contributed by atoms with Crippen LogP contribution in [0.4, 0.5) is 0 Å². The Labute approximate surface area is 209 Å². The van der Waals surface area contributed by atoms with Crippen LogP contribution in [0.1, 0.15) is 52.7 Å². The van der Waals surface area contributed by atoms with Crippen LogP contribution >= 0.6 is 0 Å². The molecule has 0 fully saturated rings. The lowest BCUT2D eigenvalue weighted by Gasteiger charge is -2.23. The summed E-state index contributed by atoms with van der Waals surface area (Å²) in [6, 6.07) is 6.43. The van der Waals surface area contributed by atoms with E-state index in [1.165, 1.54) is 23.6 Å². The molecule has 0 aliphatic rings. The Bertz CT molecular complexity index is 908. The van der Waals surface area contributed by atoms with E-state index in [0.717, 1.165) is 41.5 Å². The quantitative estimate of drug-likeness (QED) is 0.400. The van der Waals surface area contributed by atoms with Gasteiger partial charge in [0.05, 0.1) is 0 Å². The molecule has 0 saturated heterocycles. The Kier molecular flexibility index (Phi) is 11.0. The largest absolute Gasteiger partial charge is 0.735 e. The molecule has 0 aliphatic carbocycles. The van der Waals surface area contributed by atoms with Gasteiger partial charge in [0.25, 0.3) is 35.8 Å². The van der Waals surface area contributed by atoms with Crippen molar-refractivity contribution in [1.29, 1.82) is 0 Å². The summed E-state index contributed by atoms with van der Waals surface area (Å²) in [5, 5.41) is 0. The summed E-state index contributed by atoms with van der Waals surface area (Å²) in [4.78, 5) is 69.2. The fourth-order valence-corrected chi connectivity index (χ4v) is 6.50. The normalized spacial score (nSPS) is 11.5. The van der Waals surface area contributed by atoms with Gasteiger partial charge in [-0.15, -0.1) is 0 Å². The van der Waals surface area contributed by atoms with Crippen molar-refractivity contribution in [1.82, 2.24) is 0 Å². The standard InChI is InChI=1S/C22H26O12Si2/c1-15(23)29-35(30-16(2)24,31-17(3)25)13-11-21-7-9-22(10-8-21)12-14-36(32-18(4)26,33-19(5)27)34-20(6)28/h7-14H,1-6H3/b13-11+,14-12+. The molecule has 1 rings (SSSR count). The summed E-state index contributed by atoms with van der Waals surface area (Å²) in [7, 11) is -8.30. The Morgan fingerprint density at radius 1 is 0.472 bits per heavy atom. The van der Waals surface area contributed by atoms with Gasteiger partial charge in [-0.25, -0.2) is 0 Å². The third-order valence-electron chi connectivity index (χ3n) is 3.61. The van der Waals surface area contributed by atoms with E-state index in [2.05, 4.69) is 0 Å². The summed E-state index contributed by atoms with van der Waals surface area (Å²) in [5.41, 5.74) is 3.50. The first-order valence-corrected chi connectivity index (χ1v) is 13.9. The predicted octanol–water partition coefficient (Wildman–Crippen LogP) is 2.05. The van der Waals surface area contributed by atoms with Crippen molar-refractivity contribution in [3.63, 3.8) is 0 Å². The first-order chi connectivity index (χ1) is 16.7. The molecule has 0 saturated carbocycles. The second-order valence-corrected chi connectivity index (χ2v) is 11.4. The molecule has 0 aliphatic heterocycles. The van der Waals surface area contributed by atoms with E-state index in [9.17, 15) is 28.8 Å². The van der Waals surface area contributed by atoms with Crippen molar-refractivity contribution in [2.75, 3.05) is 0 Å². The lowest BCUT2D eigenvalue weighted by Crippen LogP contribution is -2.48. The Hall–Kier alpha value is -4.05. The van der Waals surface area contributed by atoms with Gasteiger partial charge in [-0.2, -0.15) is 0 Å². The van der Waals surface area contributed by atoms with Crippen LogP contribution in [0.3, 0.4) is 0 Å². The van der Waals surface area contributed by atoms with E-state index >= 15 is 0 Å². The number of hydrogen-bond donors (Lipinski definition) is 0. The molecule has 0 amide bonds. The Balaban J connectivity index is 3.27. The molecule has 36 heavy (non-hydrogen) atoms. The lowest BCUT2D eigenvalue weighted by molar-refractivity contribution is -0.150. The SMILES string of the molecule is CC(=O)O[Si](/C=C/c1ccc(/C=C/[Si](OC(C)=O)(OC(C)=O)OC(C)=O)cc1)(OC(C)=O)OC(C)=O. The van der Waals surface area contributed by atoms with Crippen LogP contribution < -0.4 is 0 Å². The number of carbonyl (C=O) groups excluding carboxylic acids is 6. The molecule has 0 N–H and O–H groups in total. The zero-order valence-electron chi connectivity index (χ0n) is 20.5. The van der Waals surface area contributed by atoms with Crippen LogP contribution in [0.15, 0.2) is 35.7 Å². The maximum Gasteiger partial charge on any atom is 0.735 e. The second-order valence-electron chi connectivity index (χ2n) is 7.10. The third-order valence-corrected chi connectivity index (χ3v) is 8.19. The topological polar surface area (TPSA) is 158 Å². The summed E-state index contributed by atoms with van der Waals surface area (Å²) in [6.45, 7) is 6.47. The number of hydrogen-bond acceptors (Lipinski definition) is 12. The zero-order chi connectivity index (χ0) is 27.5. The van der Waals surface area contributed by atoms with Crippen LogP contribution in [0.25, 0.3) is 12.2 Å². The number of rotatable bonds is 10. The van der Waals surface area contributed by atoms with Crippen molar-refractivity contribution in [2.45, 2.75) is 41.5 Å². The van der Waals surface area contributed by atoms with Crippen LogP contribution in [-0.2, 0) is 55.3 Å². The molecular formula is C22H26O12Si2. The smallest absolute Gasteiger partial charge is 0.452 e. The first kappa shape index (κ1) is 30.0. The van der Waals surface area contributed by atoms with E-state index < -0.39 is 53.4 Å². The van der Waals surface area contributed by atoms with Crippen molar-refractivity contribution >= 4 is 65.6 Å². The Morgan fingerprint density at radius 2 is 0.667 bits per heavy atom. The van der Waals surface area contributed by atoms with E-state index in [1.54, 1.807) is 24.3 Å². The minimum absolute atomic E-state index is 0.541. The average Bonchev–Trinajstić information content (AvgIpc) is 2.68. The van der Waals surface area contributed by atoms with Gasteiger partial charge in [0.15, 0.2) is 0 Å². The highest BCUT2D eigenvalue weighted by molar-refractivity contribution is 6.71. The highest BCUT2D eigenvalue weighted by atomic mass is 28.4. The maximum atomic E-state index is 11.5. The molecule has 1 aromatic carbocycles. The van der Waals surface area contributed by atoms with Gasteiger partial charge in [0.1, 0.15) is 0 Å². The molecule has 0 unspecified atom stereocenters. The van der Waals surface area contributed by atoms with Crippen molar-refractivity contribution in [3.8, 4) is 0 Å². The molecule has 0 heterocycles. The predicted molar refractivity (Wildman–Crippen MR) is 127 cm³/mol. The first-order valence-electron chi connectivity index (χ1n) is 10.3. The van der Waals surface area contributed by atoms with Gasteiger partial charge >= 0.3 is 17.6 Å². The fraction of sp³-hybridized carbons (Fsp3) is 0.273. The molecule has 0 bridgehead atoms. The van der Waals surface area contributed by atoms with Gasteiger partial charge in [-0.3, -0.25) is 28.8 Å². The molecule has 12 nitrogen and oxygen atoms in total. The average molecular weight is 539 g/mol. The fourth-order valence-electron chi connectivity index (χ4n) is 2.65. The van der Waals surface area contributed by atoms with Crippen molar-refractivity contribution in [3.05, 3.63) is 46.8 Å². The summed E-state index contributed by atoms with van der Waals surface area (Å²) >= 11 is 0. The van der Waals surface area contributed by atoms with Crippen LogP contribution in [-0.4, -0.2) is 53.4 Å². The number of carbonyl (C=O) groups is 6. The van der Waals surface area contributed by atoms with Gasteiger partial charge in [-0.1, -0.05) is 36.4 Å². The summed E-state index contributed by atoms with van der Waals surface area (Å²) < 4.78 is 30.4. The molecule has 0 spiro atoms. The van der Waals surface area contributed by atoms with Gasteiger partial charge in [-0.05, 0) is 11.1 Å². The minimum Gasteiger partial charge on any atom is -0.452 e. The van der Waals surface area contributed by atoms with Gasteiger partial charge in [0.2, 0.25) is 0 Å². The molecule has 1 aromatic rings. The lowest BCUT2D eigenvalue weighted by atomic mass is 10.1. The minimum atomic E-state index is -4.15. The molecule has 194 valence electrons. The van der Waals surface area contributed by atoms with Crippen LogP contribution in [0, 0.1) is 0 Å². The Morgan fingerprint density at radius 3 is 0.833 bits per heavy atom. The van der Waals surface area contributed by atoms with Crippen LogP contribution in [0.2, 0.25) is 0 Å². The van der Waals surface area contributed by atoms with Crippen molar-refractivity contribution < 1.29 is 55.3 Å². The third kappa shape index (κ3) is 10.9. The second kappa shape index (κ2) is 13.2. The van der Waals surface area contributed by atoms with Crippen molar-refractivity contribution in [2.24, 2.45) is 0 Å².